The molecule has 0 aromatic heterocycles. The Labute approximate surface area is 185 Å². The number of amides is 1. The Morgan fingerprint density at radius 2 is 1.42 bits per heavy atom. The fourth-order valence-corrected chi connectivity index (χ4v) is 4.06. The summed E-state index contributed by atoms with van der Waals surface area (Å²) < 4.78 is 6.03. The van der Waals surface area contributed by atoms with E-state index < -0.39 is 0 Å². The highest BCUT2D eigenvalue weighted by Crippen LogP contribution is 2.23. The summed E-state index contributed by atoms with van der Waals surface area (Å²) in [4.78, 5) is 17.3. The minimum Gasteiger partial charge on any atom is -0.488 e. The molecule has 0 bridgehead atoms. The zero-order valence-corrected chi connectivity index (χ0v) is 18.4. The highest BCUT2D eigenvalue weighted by Gasteiger charge is 2.22. The SMILES string of the molecule is Cc1cccc(C)c1OCc1ccc(C(=O)N2CCN(Cc3ccccc3)CC2)cc1. The van der Waals surface area contributed by atoms with Crippen LogP contribution in [-0.2, 0) is 13.2 Å². The van der Waals surface area contributed by atoms with E-state index in [0.29, 0.717) is 6.61 Å². The molecule has 1 aliphatic heterocycles. The van der Waals surface area contributed by atoms with Gasteiger partial charge in [0, 0.05) is 38.3 Å². The largest absolute Gasteiger partial charge is 0.488 e. The van der Waals surface area contributed by atoms with Crippen LogP contribution in [-0.4, -0.2) is 41.9 Å². The van der Waals surface area contributed by atoms with E-state index in [-0.39, 0.29) is 5.91 Å². The molecule has 31 heavy (non-hydrogen) atoms. The van der Waals surface area contributed by atoms with Gasteiger partial charge in [-0.1, -0.05) is 60.7 Å². The summed E-state index contributed by atoms with van der Waals surface area (Å²) in [6.45, 7) is 8.90. The third kappa shape index (κ3) is 5.33. The lowest BCUT2D eigenvalue weighted by atomic mass is 10.1. The van der Waals surface area contributed by atoms with Gasteiger partial charge < -0.3 is 9.64 Å². The maximum Gasteiger partial charge on any atom is 0.253 e. The van der Waals surface area contributed by atoms with Crippen molar-refractivity contribution in [2.45, 2.75) is 27.0 Å². The Kier molecular flexibility index (Phi) is 6.68. The summed E-state index contributed by atoms with van der Waals surface area (Å²) in [5.74, 6) is 1.05. The predicted molar refractivity (Wildman–Crippen MR) is 124 cm³/mol. The lowest BCUT2D eigenvalue weighted by Gasteiger charge is -2.34. The molecular weight excluding hydrogens is 384 g/mol. The number of piperazine rings is 1. The summed E-state index contributed by atoms with van der Waals surface area (Å²) in [7, 11) is 0. The van der Waals surface area contributed by atoms with Crippen LogP contribution in [0.3, 0.4) is 0 Å². The number of para-hydroxylation sites is 1. The van der Waals surface area contributed by atoms with Gasteiger partial charge in [0.1, 0.15) is 12.4 Å². The maximum atomic E-state index is 12.9. The van der Waals surface area contributed by atoms with Crippen molar-refractivity contribution in [3.05, 3.63) is 101 Å². The third-order valence-electron chi connectivity index (χ3n) is 5.90. The van der Waals surface area contributed by atoms with E-state index >= 15 is 0 Å². The molecule has 1 fully saturated rings. The highest BCUT2D eigenvalue weighted by molar-refractivity contribution is 5.94. The molecule has 1 heterocycles. The van der Waals surface area contributed by atoms with E-state index in [1.807, 2.05) is 41.3 Å². The molecule has 0 atom stereocenters. The van der Waals surface area contributed by atoms with E-state index in [0.717, 1.165) is 60.7 Å². The molecular formula is C27H30N2O2. The molecule has 4 rings (SSSR count). The molecule has 1 amide bonds. The molecule has 1 saturated heterocycles. The summed E-state index contributed by atoms with van der Waals surface area (Å²) in [5.41, 5.74) is 5.40. The number of hydrogen-bond donors (Lipinski definition) is 0. The van der Waals surface area contributed by atoms with Gasteiger partial charge in [-0.05, 0) is 48.2 Å². The smallest absolute Gasteiger partial charge is 0.253 e. The quantitative estimate of drug-likeness (QED) is 0.579. The fourth-order valence-electron chi connectivity index (χ4n) is 4.06. The lowest BCUT2D eigenvalue weighted by molar-refractivity contribution is 0.0628. The molecule has 1 aliphatic rings. The molecule has 0 radical (unpaired) electrons. The van der Waals surface area contributed by atoms with E-state index in [2.05, 4.69) is 55.1 Å². The van der Waals surface area contributed by atoms with Crippen molar-refractivity contribution in [1.29, 1.82) is 0 Å². The molecule has 0 saturated carbocycles. The van der Waals surface area contributed by atoms with Crippen molar-refractivity contribution in [3.63, 3.8) is 0 Å². The van der Waals surface area contributed by atoms with Crippen molar-refractivity contribution >= 4 is 5.91 Å². The van der Waals surface area contributed by atoms with E-state index in [1.54, 1.807) is 0 Å². The minimum absolute atomic E-state index is 0.113. The fraction of sp³-hybridized carbons (Fsp3) is 0.296. The van der Waals surface area contributed by atoms with Crippen LogP contribution in [0.5, 0.6) is 5.75 Å². The lowest BCUT2D eigenvalue weighted by Crippen LogP contribution is -2.48. The molecule has 3 aromatic carbocycles. The number of hydrogen-bond acceptors (Lipinski definition) is 3. The van der Waals surface area contributed by atoms with Gasteiger partial charge in [-0.3, -0.25) is 9.69 Å². The summed E-state index contributed by atoms with van der Waals surface area (Å²) in [6, 6.07) is 24.5. The second-order valence-electron chi connectivity index (χ2n) is 8.26. The van der Waals surface area contributed by atoms with Crippen LogP contribution in [0.1, 0.15) is 32.6 Å². The summed E-state index contributed by atoms with van der Waals surface area (Å²) >= 11 is 0. The average molecular weight is 415 g/mol. The molecule has 0 spiro atoms. The van der Waals surface area contributed by atoms with Crippen LogP contribution < -0.4 is 4.74 Å². The van der Waals surface area contributed by atoms with Crippen LogP contribution in [0.25, 0.3) is 0 Å². The van der Waals surface area contributed by atoms with E-state index in [4.69, 9.17) is 4.74 Å². The number of carbonyl (C=O) groups excluding carboxylic acids is 1. The number of ether oxygens (including phenoxy) is 1. The van der Waals surface area contributed by atoms with Crippen molar-refractivity contribution < 1.29 is 9.53 Å². The Balaban J connectivity index is 1.29. The zero-order chi connectivity index (χ0) is 21.6. The van der Waals surface area contributed by atoms with Crippen molar-refractivity contribution in [1.82, 2.24) is 9.80 Å². The van der Waals surface area contributed by atoms with Crippen LogP contribution in [0.4, 0.5) is 0 Å². The number of rotatable bonds is 6. The topological polar surface area (TPSA) is 32.8 Å². The van der Waals surface area contributed by atoms with E-state index in [1.165, 1.54) is 5.56 Å². The molecule has 0 N–H and O–H groups in total. The van der Waals surface area contributed by atoms with Crippen molar-refractivity contribution in [2.24, 2.45) is 0 Å². The first-order chi connectivity index (χ1) is 15.1. The van der Waals surface area contributed by atoms with E-state index in [9.17, 15) is 4.79 Å². The first kappa shape index (κ1) is 21.1. The standard InChI is InChI=1S/C27H30N2O2/c1-21-7-6-8-22(2)26(21)31-20-24-11-13-25(14-12-24)27(30)29-17-15-28(16-18-29)19-23-9-4-3-5-10-23/h3-14H,15-20H2,1-2H3. The van der Waals surface area contributed by atoms with Gasteiger partial charge >= 0.3 is 0 Å². The van der Waals surface area contributed by atoms with Crippen molar-refractivity contribution in [3.8, 4) is 5.75 Å². The maximum absolute atomic E-state index is 12.9. The number of nitrogens with zero attached hydrogens (tertiary/aromatic N) is 2. The minimum atomic E-state index is 0.113. The van der Waals surface area contributed by atoms with Crippen LogP contribution in [0, 0.1) is 13.8 Å². The van der Waals surface area contributed by atoms with Crippen molar-refractivity contribution in [2.75, 3.05) is 26.2 Å². The Morgan fingerprint density at radius 1 is 0.774 bits per heavy atom. The average Bonchev–Trinajstić information content (AvgIpc) is 2.80. The summed E-state index contributed by atoms with van der Waals surface area (Å²) in [5, 5.41) is 0. The normalized spacial score (nSPS) is 14.5. The Hall–Kier alpha value is -3.11. The second kappa shape index (κ2) is 9.80. The monoisotopic (exact) mass is 414 g/mol. The van der Waals surface area contributed by atoms with Gasteiger partial charge in [0.2, 0.25) is 0 Å². The molecule has 0 unspecified atom stereocenters. The Morgan fingerprint density at radius 3 is 2.06 bits per heavy atom. The van der Waals surface area contributed by atoms with Crippen LogP contribution >= 0.6 is 0 Å². The van der Waals surface area contributed by atoms with Crippen LogP contribution in [0.15, 0.2) is 72.8 Å². The molecule has 3 aromatic rings. The zero-order valence-electron chi connectivity index (χ0n) is 18.4. The Bertz CT molecular complexity index is 987. The van der Waals surface area contributed by atoms with Crippen LogP contribution in [0.2, 0.25) is 0 Å². The summed E-state index contributed by atoms with van der Waals surface area (Å²) in [6.07, 6.45) is 0. The van der Waals surface area contributed by atoms with Gasteiger partial charge in [0.05, 0.1) is 0 Å². The van der Waals surface area contributed by atoms with Gasteiger partial charge in [-0.15, -0.1) is 0 Å². The highest BCUT2D eigenvalue weighted by atomic mass is 16.5. The van der Waals surface area contributed by atoms with Gasteiger partial charge in [0.15, 0.2) is 0 Å². The molecule has 4 heteroatoms. The number of benzene rings is 3. The second-order valence-corrected chi connectivity index (χ2v) is 8.26. The first-order valence-electron chi connectivity index (χ1n) is 10.9. The molecule has 0 aliphatic carbocycles. The predicted octanol–water partition coefficient (Wildman–Crippen LogP) is 4.84. The van der Waals surface area contributed by atoms with Gasteiger partial charge in [-0.25, -0.2) is 0 Å². The van der Waals surface area contributed by atoms with Gasteiger partial charge in [0.25, 0.3) is 5.91 Å². The third-order valence-corrected chi connectivity index (χ3v) is 5.90. The first-order valence-corrected chi connectivity index (χ1v) is 10.9. The van der Waals surface area contributed by atoms with Gasteiger partial charge in [-0.2, -0.15) is 0 Å². The molecule has 4 nitrogen and oxygen atoms in total. The number of carbonyl (C=O) groups is 1. The number of aryl methyl sites for hydroxylation is 2. The molecule has 160 valence electrons.